The summed E-state index contributed by atoms with van der Waals surface area (Å²) in [6.45, 7) is 4.22. The summed E-state index contributed by atoms with van der Waals surface area (Å²) in [7, 11) is 0. The number of benzene rings is 1. The summed E-state index contributed by atoms with van der Waals surface area (Å²) in [6.07, 6.45) is 19.7. The zero-order chi connectivity index (χ0) is 21.2. The molecule has 31 heavy (non-hydrogen) atoms. The Labute approximate surface area is 243 Å². The van der Waals surface area contributed by atoms with Crippen LogP contribution in [0.1, 0.15) is 126 Å². The van der Waals surface area contributed by atoms with Gasteiger partial charge < -0.3 is 4.74 Å². The van der Waals surface area contributed by atoms with Crippen molar-refractivity contribution in [1.82, 2.24) is 0 Å². The van der Waals surface area contributed by atoms with Crippen LogP contribution in [0.4, 0.5) is 0 Å². The zero-order valence-electron chi connectivity index (χ0n) is 18.8. The van der Waals surface area contributed by atoms with Gasteiger partial charge in [0.25, 0.3) is 0 Å². The van der Waals surface area contributed by atoms with Crippen LogP contribution in [0.2, 0.25) is 0 Å². The van der Waals surface area contributed by atoms with Crippen molar-refractivity contribution in [2.75, 3.05) is 0 Å². The van der Waals surface area contributed by atoms with Gasteiger partial charge in [-0.2, -0.15) is 0 Å². The Morgan fingerprint density at radius 3 is 1.48 bits per heavy atom. The monoisotopic (exact) mass is 468 g/mol. The molecular formula is C26H45CaNaO3. The summed E-state index contributed by atoms with van der Waals surface area (Å²) >= 11 is 0. The summed E-state index contributed by atoms with van der Waals surface area (Å²) in [6, 6.07) is 7.07. The molecule has 170 valence electrons. The average molecular weight is 469 g/mol. The third-order valence-corrected chi connectivity index (χ3v) is 5.48. The first-order valence-corrected chi connectivity index (χ1v) is 11.9. The first kappa shape index (κ1) is 33.8. The SMILES string of the molecule is CCCCCCCCCCCCCCCCCC(=O)OC(=O)c1ccc(C)cc1.[CaH2].[NaH]. The first-order chi connectivity index (χ1) is 14.1. The van der Waals surface area contributed by atoms with E-state index in [2.05, 4.69) is 6.92 Å². The van der Waals surface area contributed by atoms with Gasteiger partial charge in [-0.15, -0.1) is 0 Å². The molecule has 0 atom stereocenters. The molecule has 0 spiro atoms. The van der Waals surface area contributed by atoms with Crippen LogP contribution in [-0.4, -0.2) is 79.2 Å². The van der Waals surface area contributed by atoms with Crippen molar-refractivity contribution < 1.29 is 14.3 Å². The van der Waals surface area contributed by atoms with Crippen molar-refractivity contribution in [2.45, 2.75) is 117 Å². The maximum absolute atomic E-state index is 11.9. The van der Waals surface area contributed by atoms with E-state index < -0.39 is 11.9 Å². The van der Waals surface area contributed by atoms with Crippen LogP contribution in [-0.2, 0) is 9.53 Å². The first-order valence-electron chi connectivity index (χ1n) is 11.9. The molecule has 0 aliphatic rings. The van der Waals surface area contributed by atoms with Crippen LogP contribution in [0.25, 0.3) is 0 Å². The van der Waals surface area contributed by atoms with Crippen LogP contribution >= 0.6 is 0 Å². The molecule has 0 radical (unpaired) electrons. The van der Waals surface area contributed by atoms with Crippen LogP contribution < -0.4 is 0 Å². The molecule has 0 bridgehead atoms. The molecule has 0 aromatic heterocycles. The number of esters is 2. The topological polar surface area (TPSA) is 43.4 Å². The van der Waals surface area contributed by atoms with E-state index in [9.17, 15) is 9.59 Å². The number of aryl methyl sites for hydroxylation is 1. The zero-order valence-corrected chi connectivity index (χ0v) is 18.8. The van der Waals surface area contributed by atoms with Crippen molar-refractivity contribution in [2.24, 2.45) is 0 Å². The van der Waals surface area contributed by atoms with Crippen LogP contribution in [0.5, 0.6) is 0 Å². The molecule has 0 heterocycles. The second-order valence-corrected chi connectivity index (χ2v) is 8.33. The molecule has 5 heteroatoms. The summed E-state index contributed by atoms with van der Waals surface area (Å²) in [4.78, 5) is 23.7. The van der Waals surface area contributed by atoms with Crippen molar-refractivity contribution in [1.29, 1.82) is 0 Å². The Kier molecular flexibility index (Phi) is 25.9. The van der Waals surface area contributed by atoms with Crippen molar-refractivity contribution in [3.05, 3.63) is 35.4 Å². The molecule has 0 fully saturated rings. The molecule has 0 aliphatic heterocycles. The van der Waals surface area contributed by atoms with Gasteiger partial charge >= 0.3 is 79.2 Å². The number of unbranched alkanes of at least 4 members (excludes halogenated alkanes) is 14. The third-order valence-electron chi connectivity index (χ3n) is 5.48. The maximum atomic E-state index is 11.9. The van der Waals surface area contributed by atoms with E-state index in [4.69, 9.17) is 4.74 Å². The molecule has 1 rings (SSSR count). The summed E-state index contributed by atoms with van der Waals surface area (Å²) in [5.41, 5.74) is 1.51. The quantitative estimate of drug-likeness (QED) is 0.115. The predicted molar refractivity (Wildman–Crippen MR) is 137 cm³/mol. The van der Waals surface area contributed by atoms with Gasteiger partial charge in [0.2, 0.25) is 0 Å². The molecule has 0 amide bonds. The van der Waals surface area contributed by atoms with E-state index in [1.54, 1.807) is 12.1 Å². The fraction of sp³-hybridized carbons (Fsp3) is 0.692. The van der Waals surface area contributed by atoms with Crippen molar-refractivity contribution in [3.8, 4) is 0 Å². The molecule has 1 aromatic carbocycles. The number of carbonyl (C=O) groups excluding carboxylic acids is 2. The van der Waals surface area contributed by atoms with Crippen LogP contribution in [0.3, 0.4) is 0 Å². The molecule has 0 saturated heterocycles. The van der Waals surface area contributed by atoms with Gasteiger partial charge in [0.15, 0.2) is 0 Å². The molecule has 0 N–H and O–H groups in total. The molecular weight excluding hydrogens is 423 g/mol. The summed E-state index contributed by atoms with van der Waals surface area (Å²) in [5.74, 6) is -0.957. The van der Waals surface area contributed by atoms with Gasteiger partial charge in [-0.1, -0.05) is 115 Å². The minimum absolute atomic E-state index is 0. The van der Waals surface area contributed by atoms with E-state index >= 15 is 0 Å². The van der Waals surface area contributed by atoms with Gasteiger partial charge in [0.1, 0.15) is 0 Å². The third kappa shape index (κ3) is 19.8. The molecule has 0 aliphatic carbocycles. The van der Waals surface area contributed by atoms with E-state index in [1.807, 2.05) is 19.1 Å². The fourth-order valence-electron chi connectivity index (χ4n) is 3.54. The molecule has 3 nitrogen and oxygen atoms in total. The number of hydrogen-bond acceptors (Lipinski definition) is 3. The summed E-state index contributed by atoms with van der Waals surface area (Å²) in [5, 5.41) is 0. The molecule has 0 unspecified atom stereocenters. The number of hydrogen-bond donors (Lipinski definition) is 0. The predicted octanol–water partition coefficient (Wildman–Crippen LogP) is 6.38. The number of carbonyl (C=O) groups is 2. The van der Waals surface area contributed by atoms with Gasteiger partial charge in [0, 0.05) is 6.42 Å². The average Bonchev–Trinajstić information content (AvgIpc) is 2.71. The Balaban J connectivity index is 0. The second kappa shape index (κ2) is 23.8. The Bertz CT molecular complexity index is 560. The molecule has 1 aromatic rings. The number of rotatable bonds is 17. The Hall–Kier alpha value is 0.620. The van der Waals surface area contributed by atoms with Gasteiger partial charge in [-0.05, 0) is 25.5 Å². The van der Waals surface area contributed by atoms with E-state index in [1.165, 1.54) is 77.0 Å². The van der Waals surface area contributed by atoms with E-state index in [0.717, 1.165) is 24.8 Å². The van der Waals surface area contributed by atoms with Crippen molar-refractivity contribution in [3.63, 3.8) is 0 Å². The standard InChI is InChI=1S/C26H42O3.Ca.Na.3H/c1-3-4-5-6-7-8-9-10-11-12-13-14-15-16-17-18-25(27)29-26(28)24-21-19-23(2)20-22-24;;;;;/h19-22H,3-18H2,1-2H3;;;;;. The van der Waals surface area contributed by atoms with Crippen molar-refractivity contribution >= 4 is 79.2 Å². The van der Waals surface area contributed by atoms with Crippen LogP contribution in [0, 0.1) is 6.92 Å². The second-order valence-electron chi connectivity index (χ2n) is 8.33. The Morgan fingerprint density at radius 1 is 0.677 bits per heavy atom. The normalized spacial score (nSPS) is 10.1. The summed E-state index contributed by atoms with van der Waals surface area (Å²) < 4.78 is 4.92. The fourth-order valence-corrected chi connectivity index (χ4v) is 3.54. The Morgan fingerprint density at radius 2 is 1.06 bits per heavy atom. The molecule has 0 saturated carbocycles. The van der Waals surface area contributed by atoms with E-state index in [0.29, 0.717) is 12.0 Å². The van der Waals surface area contributed by atoms with Gasteiger partial charge in [-0.3, -0.25) is 4.79 Å². The van der Waals surface area contributed by atoms with Crippen LogP contribution in [0.15, 0.2) is 24.3 Å². The van der Waals surface area contributed by atoms with Gasteiger partial charge in [0.05, 0.1) is 5.56 Å². The van der Waals surface area contributed by atoms with Gasteiger partial charge in [-0.25, -0.2) is 4.79 Å². The minimum atomic E-state index is -0.545. The van der Waals surface area contributed by atoms with E-state index in [-0.39, 0.29) is 67.3 Å². The number of ether oxygens (including phenoxy) is 1.